The van der Waals surface area contributed by atoms with E-state index in [1.807, 2.05) is 24.2 Å². The second kappa shape index (κ2) is 6.11. The van der Waals surface area contributed by atoms with Crippen LogP contribution in [-0.4, -0.2) is 36.1 Å². The molecule has 1 aliphatic heterocycles. The van der Waals surface area contributed by atoms with Crippen LogP contribution in [0.3, 0.4) is 0 Å². The van der Waals surface area contributed by atoms with E-state index in [4.69, 9.17) is 0 Å². The standard InChI is InChI=1S/C12H19N3S/c1-2-13-9-11-3-4-14-10-12(11)15-5-7-16-8-6-15/h3-4,10,13H,2,5-9H2,1H3. The summed E-state index contributed by atoms with van der Waals surface area (Å²) in [5.74, 6) is 2.46. The highest BCUT2D eigenvalue weighted by Gasteiger charge is 2.14. The highest BCUT2D eigenvalue weighted by atomic mass is 32.2. The number of nitrogens with zero attached hydrogens (tertiary/aromatic N) is 2. The molecule has 1 aromatic rings. The first-order valence-corrected chi connectivity index (χ1v) is 7.03. The number of aromatic nitrogens is 1. The maximum absolute atomic E-state index is 4.25. The predicted molar refractivity (Wildman–Crippen MR) is 71.2 cm³/mol. The first-order valence-electron chi connectivity index (χ1n) is 5.88. The van der Waals surface area contributed by atoms with Gasteiger partial charge in [-0.2, -0.15) is 11.8 Å². The van der Waals surface area contributed by atoms with Gasteiger partial charge in [0, 0.05) is 37.3 Å². The zero-order valence-corrected chi connectivity index (χ0v) is 10.6. The van der Waals surface area contributed by atoms with Crippen molar-refractivity contribution in [2.24, 2.45) is 0 Å². The average molecular weight is 237 g/mol. The van der Waals surface area contributed by atoms with Crippen molar-refractivity contribution in [1.29, 1.82) is 0 Å². The molecule has 1 aliphatic rings. The Kier molecular flexibility index (Phi) is 4.48. The third-order valence-electron chi connectivity index (χ3n) is 2.80. The fourth-order valence-electron chi connectivity index (χ4n) is 1.91. The van der Waals surface area contributed by atoms with Crippen molar-refractivity contribution >= 4 is 17.4 Å². The Morgan fingerprint density at radius 1 is 1.44 bits per heavy atom. The van der Waals surface area contributed by atoms with E-state index < -0.39 is 0 Å². The number of pyridine rings is 1. The minimum Gasteiger partial charge on any atom is -0.368 e. The zero-order valence-electron chi connectivity index (χ0n) is 9.78. The van der Waals surface area contributed by atoms with E-state index >= 15 is 0 Å². The summed E-state index contributed by atoms with van der Waals surface area (Å²) in [6, 6.07) is 2.12. The Labute approximate surface area is 102 Å². The summed E-state index contributed by atoms with van der Waals surface area (Å²) in [5, 5.41) is 3.38. The van der Waals surface area contributed by atoms with Crippen molar-refractivity contribution in [3.8, 4) is 0 Å². The van der Waals surface area contributed by atoms with Gasteiger partial charge in [0.2, 0.25) is 0 Å². The Morgan fingerprint density at radius 2 is 2.25 bits per heavy atom. The van der Waals surface area contributed by atoms with Crippen LogP contribution in [0.15, 0.2) is 18.5 Å². The summed E-state index contributed by atoms with van der Waals surface area (Å²) in [4.78, 5) is 6.71. The van der Waals surface area contributed by atoms with Crippen LogP contribution in [0.5, 0.6) is 0 Å². The fraction of sp³-hybridized carbons (Fsp3) is 0.583. The summed E-state index contributed by atoms with van der Waals surface area (Å²) < 4.78 is 0. The Hall–Kier alpha value is -0.740. The van der Waals surface area contributed by atoms with Gasteiger partial charge in [0.05, 0.1) is 11.9 Å². The predicted octanol–water partition coefficient (Wildman–Crippen LogP) is 1.74. The smallest absolute Gasteiger partial charge is 0.0598 e. The van der Waals surface area contributed by atoms with Crippen molar-refractivity contribution in [2.45, 2.75) is 13.5 Å². The van der Waals surface area contributed by atoms with Crippen LogP contribution in [0.4, 0.5) is 5.69 Å². The van der Waals surface area contributed by atoms with Crippen LogP contribution in [0.1, 0.15) is 12.5 Å². The van der Waals surface area contributed by atoms with Gasteiger partial charge in [-0.05, 0) is 18.2 Å². The molecule has 4 heteroatoms. The molecular weight excluding hydrogens is 218 g/mol. The van der Waals surface area contributed by atoms with Crippen LogP contribution in [0.25, 0.3) is 0 Å². The Balaban J connectivity index is 2.11. The minimum atomic E-state index is 0.942. The molecule has 1 fully saturated rings. The second-order valence-electron chi connectivity index (χ2n) is 3.88. The van der Waals surface area contributed by atoms with Crippen LogP contribution in [0, 0.1) is 0 Å². The largest absolute Gasteiger partial charge is 0.368 e. The number of anilines is 1. The molecular formula is C12H19N3S. The molecule has 1 aromatic heterocycles. The zero-order chi connectivity index (χ0) is 11.2. The Bertz CT molecular complexity index is 324. The molecule has 0 radical (unpaired) electrons. The first kappa shape index (κ1) is 11.7. The lowest BCUT2D eigenvalue weighted by atomic mass is 10.2. The lowest BCUT2D eigenvalue weighted by Gasteiger charge is -2.30. The molecule has 0 unspecified atom stereocenters. The SMILES string of the molecule is CCNCc1ccncc1N1CCSCC1. The second-order valence-corrected chi connectivity index (χ2v) is 5.11. The lowest BCUT2D eigenvalue weighted by molar-refractivity contribution is 0.719. The summed E-state index contributed by atoms with van der Waals surface area (Å²) in [5.41, 5.74) is 2.67. The minimum absolute atomic E-state index is 0.942. The molecule has 1 N–H and O–H groups in total. The van der Waals surface area contributed by atoms with Crippen LogP contribution in [-0.2, 0) is 6.54 Å². The molecule has 0 amide bonds. The number of hydrogen-bond donors (Lipinski definition) is 1. The molecule has 0 bridgehead atoms. The maximum Gasteiger partial charge on any atom is 0.0598 e. The van der Waals surface area contributed by atoms with Crippen molar-refractivity contribution in [3.05, 3.63) is 24.0 Å². The molecule has 0 saturated carbocycles. The molecule has 0 spiro atoms. The van der Waals surface area contributed by atoms with E-state index in [0.29, 0.717) is 0 Å². The van der Waals surface area contributed by atoms with Gasteiger partial charge in [-0.3, -0.25) is 4.98 Å². The van der Waals surface area contributed by atoms with Gasteiger partial charge in [-0.25, -0.2) is 0 Å². The van der Waals surface area contributed by atoms with Gasteiger partial charge < -0.3 is 10.2 Å². The molecule has 1 saturated heterocycles. The summed E-state index contributed by atoms with van der Waals surface area (Å²) in [7, 11) is 0. The van der Waals surface area contributed by atoms with Gasteiger partial charge in [0.15, 0.2) is 0 Å². The van der Waals surface area contributed by atoms with Gasteiger partial charge in [0.25, 0.3) is 0 Å². The van der Waals surface area contributed by atoms with E-state index in [1.165, 1.54) is 22.8 Å². The highest BCUT2D eigenvalue weighted by molar-refractivity contribution is 7.99. The summed E-state index contributed by atoms with van der Waals surface area (Å²) >= 11 is 2.04. The average Bonchev–Trinajstić information content (AvgIpc) is 2.38. The van der Waals surface area contributed by atoms with E-state index in [-0.39, 0.29) is 0 Å². The van der Waals surface area contributed by atoms with Gasteiger partial charge in [-0.1, -0.05) is 6.92 Å². The first-order chi connectivity index (χ1) is 7.92. The van der Waals surface area contributed by atoms with Crippen molar-refractivity contribution in [1.82, 2.24) is 10.3 Å². The van der Waals surface area contributed by atoms with Crippen molar-refractivity contribution < 1.29 is 0 Å². The molecule has 2 rings (SSSR count). The molecule has 0 atom stereocenters. The Morgan fingerprint density at radius 3 is 3.00 bits per heavy atom. The third-order valence-corrected chi connectivity index (χ3v) is 3.75. The normalized spacial score (nSPS) is 16.4. The summed E-state index contributed by atoms with van der Waals surface area (Å²) in [6.07, 6.45) is 3.89. The molecule has 3 nitrogen and oxygen atoms in total. The number of hydrogen-bond acceptors (Lipinski definition) is 4. The maximum atomic E-state index is 4.25. The molecule has 0 aliphatic carbocycles. The van der Waals surface area contributed by atoms with Crippen LogP contribution < -0.4 is 10.2 Å². The number of nitrogens with one attached hydrogen (secondary N) is 1. The summed E-state index contributed by atoms with van der Waals surface area (Å²) in [6.45, 7) is 6.39. The monoisotopic (exact) mass is 237 g/mol. The van der Waals surface area contributed by atoms with E-state index in [9.17, 15) is 0 Å². The third kappa shape index (κ3) is 2.89. The van der Waals surface area contributed by atoms with Crippen molar-refractivity contribution in [2.75, 3.05) is 36.0 Å². The number of rotatable bonds is 4. The molecule has 16 heavy (non-hydrogen) atoms. The van der Waals surface area contributed by atoms with Gasteiger partial charge >= 0.3 is 0 Å². The quantitative estimate of drug-likeness (QED) is 0.863. The molecule has 2 heterocycles. The van der Waals surface area contributed by atoms with Crippen LogP contribution in [0.2, 0.25) is 0 Å². The van der Waals surface area contributed by atoms with E-state index in [2.05, 4.69) is 28.2 Å². The van der Waals surface area contributed by atoms with Crippen LogP contribution >= 0.6 is 11.8 Å². The number of thioether (sulfide) groups is 1. The topological polar surface area (TPSA) is 28.2 Å². The van der Waals surface area contributed by atoms with Gasteiger partial charge in [-0.15, -0.1) is 0 Å². The lowest BCUT2D eigenvalue weighted by Crippen LogP contribution is -2.33. The molecule has 0 aromatic carbocycles. The van der Waals surface area contributed by atoms with Crippen molar-refractivity contribution in [3.63, 3.8) is 0 Å². The molecule has 88 valence electrons. The van der Waals surface area contributed by atoms with Gasteiger partial charge in [0.1, 0.15) is 0 Å². The fourth-order valence-corrected chi connectivity index (χ4v) is 2.82. The highest BCUT2D eigenvalue weighted by Crippen LogP contribution is 2.22. The van der Waals surface area contributed by atoms with E-state index in [0.717, 1.165) is 26.2 Å². The van der Waals surface area contributed by atoms with E-state index in [1.54, 1.807) is 0 Å².